The third-order valence-corrected chi connectivity index (χ3v) is 4.50. The van der Waals surface area contributed by atoms with Crippen LogP contribution in [0.3, 0.4) is 0 Å². The molecule has 0 bridgehead atoms. The van der Waals surface area contributed by atoms with Gasteiger partial charge >= 0.3 is 6.03 Å². The fourth-order valence-electron chi connectivity index (χ4n) is 2.85. The first kappa shape index (κ1) is 16.9. The van der Waals surface area contributed by atoms with Gasteiger partial charge in [-0.05, 0) is 26.3 Å². The molecule has 1 saturated heterocycles. The topological polar surface area (TPSA) is 109 Å². The summed E-state index contributed by atoms with van der Waals surface area (Å²) in [4.78, 5) is 41.7. The van der Waals surface area contributed by atoms with Gasteiger partial charge in [-0.2, -0.15) is 5.10 Å². The van der Waals surface area contributed by atoms with Crippen molar-refractivity contribution in [2.45, 2.75) is 32.7 Å². The molecule has 1 atom stereocenters. The fraction of sp³-hybridized carbons (Fsp3) is 0.438. The maximum Gasteiger partial charge on any atom is 0.325 e. The van der Waals surface area contributed by atoms with Crippen LogP contribution in [-0.4, -0.2) is 49.6 Å². The van der Waals surface area contributed by atoms with Crippen molar-refractivity contribution in [2.24, 2.45) is 7.05 Å². The van der Waals surface area contributed by atoms with Crippen molar-refractivity contribution in [3.63, 3.8) is 0 Å². The summed E-state index contributed by atoms with van der Waals surface area (Å²) < 4.78 is 1.66. The zero-order chi connectivity index (χ0) is 18.4. The average molecular weight is 344 g/mol. The molecule has 9 nitrogen and oxygen atoms in total. The van der Waals surface area contributed by atoms with Gasteiger partial charge in [0.15, 0.2) is 5.65 Å². The Kier molecular flexibility index (Phi) is 3.94. The van der Waals surface area contributed by atoms with E-state index in [0.717, 1.165) is 16.0 Å². The molecule has 2 N–H and O–H groups in total. The second-order valence-corrected chi connectivity index (χ2v) is 6.36. The van der Waals surface area contributed by atoms with E-state index in [9.17, 15) is 14.4 Å². The van der Waals surface area contributed by atoms with Crippen molar-refractivity contribution in [1.82, 2.24) is 25.0 Å². The lowest BCUT2D eigenvalue weighted by molar-refractivity contribution is -0.133. The Morgan fingerprint density at radius 1 is 1.40 bits per heavy atom. The highest BCUT2D eigenvalue weighted by Gasteiger charge is 2.46. The van der Waals surface area contributed by atoms with Gasteiger partial charge in [-0.3, -0.25) is 19.2 Å². The lowest BCUT2D eigenvalue weighted by Gasteiger charge is -2.19. The smallest absolute Gasteiger partial charge is 0.323 e. The SMILES string of the molecule is CCC1(C)NC(=O)N(CC(=O)Nc2cnc3c(c2)c(C)nn3C)C1=O. The van der Waals surface area contributed by atoms with Crippen LogP contribution < -0.4 is 10.6 Å². The second kappa shape index (κ2) is 5.83. The monoisotopic (exact) mass is 344 g/mol. The van der Waals surface area contributed by atoms with E-state index in [2.05, 4.69) is 20.7 Å². The van der Waals surface area contributed by atoms with Crippen molar-refractivity contribution in [3.8, 4) is 0 Å². The minimum absolute atomic E-state index is 0.343. The molecule has 132 valence electrons. The molecular formula is C16H20N6O3. The molecule has 0 spiro atoms. The van der Waals surface area contributed by atoms with E-state index in [1.165, 1.54) is 6.20 Å². The molecule has 0 aliphatic carbocycles. The number of hydrogen-bond donors (Lipinski definition) is 2. The van der Waals surface area contributed by atoms with Crippen molar-refractivity contribution in [3.05, 3.63) is 18.0 Å². The van der Waals surface area contributed by atoms with Gasteiger partial charge in [0.2, 0.25) is 5.91 Å². The number of hydrogen-bond acceptors (Lipinski definition) is 5. The molecule has 1 aliphatic heterocycles. The molecule has 1 fully saturated rings. The predicted octanol–water partition coefficient (Wildman–Crippen LogP) is 0.936. The van der Waals surface area contributed by atoms with Gasteiger partial charge in [-0.15, -0.1) is 0 Å². The third-order valence-electron chi connectivity index (χ3n) is 4.50. The number of rotatable bonds is 4. The van der Waals surface area contributed by atoms with Crippen LogP contribution in [0, 0.1) is 6.92 Å². The summed E-state index contributed by atoms with van der Waals surface area (Å²) in [5.74, 6) is -0.863. The van der Waals surface area contributed by atoms with Crippen LogP contribution in [0.1, 0.15) is 26.0 Å². The number of aryl methyl sites for hydroxylation is 2. The summed E-state index contributed by atoms with van der Waals surface area (Å²) >= 11 is 0. The van der Waals surface area contributed by atoms with E-state index in [-0.39, 0.29) is 6.54 Å². The first-order valence-electron chi connectivity index (χ1n) is 7.98. The molecule has 9 heteroatoms. The largest absolute Gasteiger partial charge is 0.325 e. The van der Waals surface area contributed by atoms with E-state index < -0.39 is 23.4 Å². The Bertz CT molecular complexity index is 889. The van der Waals surface area contributed by atoms with Gasteiger partial charge in [0, 0.05) is 12.4 Å². The molecule has 1 aliphatic rings. The van der Waals surface area contributed by atoms with E-state index in [1.54, 1.807) is 31.6 Å². The number of carbonyl (C=O) groups is 3. The fourth-order valence-corrected chi connectivity index (χ4v) is 2.85. The number of anilines is 1. The van der Waals surface area contributed by atoms with Crippen LogP contribution in [-0.2, 0) is 16.6 Å². The van der Waals surface area contributed by atoms with Crippen molar-refractivity contribution in [1.29, 1.82) is 0 Å². The third kappa shape index (κ3) is 2.81. The number of nitrogens with zero attached hydrogens (tertiary/aromatic N) is 4. The maximum absolute atomic E-state index is 12.3. The van der Waals surface area contributed by atoms with Crippen molar-refractivity contribution >= 4 is 34.6 Å². The molecule has 0 aromatic carbocycles. The molecule has 0 saturated carbocycles. The number of carbonyl (C=O) groups excluding carboxylic acids is 3. The van der Waals surface area contributed by atoms with Gasteiger partial charge < -0.3 is 10.6 Å². The maximum atomic E-state index is 12.3. The predicted molar refractivity (Wildman–Crippen MR) is 90.8 cm³/mol. The Balaban J connectivity index is 1.74. The summed E-state index contributed by atoms with van der Waals surface area (Å²) in [6.45, 7) is 4.96. The van der Waals surface area contributed by atoms with Crippen molar-refractivity contribution < 1.29 is 14.4 Å². The molecule has 2 aromatic rings. The van der Waals surface area contributed by atoms with Crippen LogP contribution in [0.5, 0.6) is 0 Å². The normalized spacial score (nSPS) is 20.2. The minimum atomic E-state index is -0.954. The number of imide groups is 1. The zero-order valence-corrected chi connectivity index (χ0v) is 14.6. The summed E-state index contributed by atoms with van der Waals surface area (Å²) in [6.07, 6.45) is 1.97. The highest BCUT2D eigenvalue weighted by atomic mass is 16.2. The Morgan fingerprint density at radius 3 is 2.76 bits per heavy atom. The van der Waals surface area contributed by atoms with Gasteiger partial charge in [0.25, 0.3) is 5.91 Å². The summed E-state index contributed by atoms with van der Waals surface area (Å²) in [6, 6.07) is 1.21. The van der Waals surface area contributed by atoms with Crippen LogP contribution in [0.4, 0.5) is 10.5 Å². The van der Waals surface area contributed by atoms with E-state index >= 15 is 0 Å². The number of fused-ring (bicyclic) bond motifs is 1. The summed E-state index contributed by atoms with van der Waals surface area (Å²) in [7, 11) is 1.79. The molecule has 0 radical (unpaired) electrons. The minimum Gasteiger partial charge on any atom is -0.323 e. The van der Waals surface area contributed by atoms with E-state index in [1.807, 2.05) is 6.92 Å². The molecule has 25 heavy (non-hydrogen) atoms. The number of amides is 4. The quantitative estimate of drug-likeness (QED) is 0.802. The number of nitrogens with one attached hydrogen (secondary N) is 2. The van der Waals surface area contributed by atoms with Crippen molar-refractivity contribution in [2.75, 3.05) is 11.9 Å². The molecule has 3 rings (SSSR count). The van der Waals surface area contributed by atoms with Gasteiger partial charge in [0.05, 0.1) is 17.6 Å². The van der Waals surface area contributed by atoms with Gasteiger partial charge in [-0.1, -0.05) is 6.92 Å². The second-order valence-electron chi connectivity index (χ2n) is 6.36. The first-order chi connectivity index (χ1) is 11.7. The molecule has 3 heterocycles. The zero-order valence-electron chi connectivity index (χ0n) is 14.6. The highest BCUT2D eigenvalue weighted by Crippen LogP contribution is 2.21. The molecule has 1 unspecified atom stereocenters. The van der Waals surface area contributed by atoms with Crippen LogP contribution in [0.2, 0.25) is 0 Å². The standard InChI is InChI=1S/C16H20N6O3/c1-5-16(3)14(24)22(15(25)19-16)8-12(23)18-10-6-11-9(2)20-21(4)13(11)17-7-10/h6-7H,5,8H2,1-4H3,(H,18,23)(H,19,25). The number of aromatic nitrogens is 3. The van der Waals surface area contributed by atoms with Gasteiger partial charge in [-0.25, -0.2) is 9.78 Å². The number of pyridine rings is 1. The highest BCUT2D eigenvalue weighted by molar-refractivity contribution is 6.10. The Labute approximate surface area is 144 Å². The molecule has 4 amide bonds. The molecule has 2 aromatic heterocycles. The summed E-state index contributed by atoms with van der Waals surface area (Å²) in [5.41, 5.74) is 1.04. The Hall–Kier alpha value is -2.97. The van der Waals surface area contributed by atoms with Gasteiger partial charge in [0.1, 0.15) is 12.1 Å². The summed E-state index contributed by atoms with van der Waals surface area (Å²) in [5, 5.41) is 10.4. The van der Waals surface area contributed by atoms with E-state index in [0.29, 0.717) is 17.8 Å². The number of urea groups is 1. The first-order valence-corrected chi connectivity index (χ1v) is 7.98. The average Bonchev–Trinajstić information content (AvgIpc) is 2.96. The van der Waals surface area contributed by atoms with Crippen LogP contribution >= 0.6 is 0 Å². The molecular weight excluding hydrogens is 324 g/mol. The lowest BCUT2D eigenvalue weighted by atomic mass is 9.99. The Morgan fingerprint density at radius 2 is 2.12 bits per heavy atom. The van der Waals surface area contributed by atoms with Crippen LogP contribution in [0.15, 0.2) is 12.3 Å². The van der Waals surface area contributed by atoms with E-state index in [4.69, 9.17) is 0 Å². The van der Waals surface area contributed by atoms with Crippen LogP contribution in [0.25, 0.3) is 11.0 Å². The lowest BCUT2D eigenvalue weighted by Crippen LogP contribution is -2.44.